The van der Waals surface area contributed by atoms with Gasteiger partial charge in [-0.15, -0.1) is 0 Å². The molecule has 84 valence electrons. The first-order chi connectivity index (χ1) is 7.03. The summed E-state index contributed by atoms with van der Waals surface area (Å²) in [6.07, 6.45) is 6.86. The number of hydrogen-bond acceptors (Lipinski definition) is 0. The van der Waals surface area contributed by atoms with Gasteiger partial charge in [0, 0.05) is 0 Å². The maximum absolute atomic E-state index is 2.58. The van der Waals surface area contributed by atoms with Crippen molar-refractivity contribution < 1.29 is 0 Å². The Morgan fingerprint density at radius 1 is 1.20 bits per heavy atom. The van der Waals surface area contributed by atoms with Crippen LogP contribution in [-0.4, -0.2) is 0 Å². The lowest BCUT2D eigenvalue weighted by molar-refractivity contribution is 0.335. The van der Waals surface area contributed by atoms with E-state index in [1.807, 2.05) is 5.57 Å². The zero-order chi connectivity index (χ0) is 10.8. The molecule has 3 aliphatic carbocycles. The van der Waals surface area contributed by atoms with Gasteiger partial charge in [-0.25, -0.2) is 0 Å². The van der Waals surface area contributed by atoms with Crippen LogP contribution in [0.3, 0.4) is 0 Å². The van der Waals surface area contributed by atoms with Gasteiger partial charge in [-0.1, -0.05) is 39.3 Å². The molecule has 0 heteroatoms. The van der Waals surface area contributed by atoms with Crippen molar-refractivity contribution in [3.63, 3.8) is 0 Å². The maximum Gasteiger partial charge on any atom is -0.0135 e. The van der Waals surface area contributed by atoms with Crippen molar-refractivity contribution >= 4 is 0 Å². The van der Waals surface area contributed by atoms with E-state index in [4.69, 9.17) is 0 Å². The van der Waals surface area contributed by atoms with E-state index in [2.05, 4.69) is 33.8 Å². The zero-order valence-corrected chi connectivity index (χ0v) is 10.6. The van der Waals surface area contributed by atoms with E-state index in [0.29, 0.717) is 5.41 Å². The molecule has 5 atom stereocenters. The quantitative estimate of drug-likeness (QED) is 0.517. The molecule has 0 N–H and O–H groups in total. The first-order valence-electron chi connectivity index (χ1n) is 6.73. The molecular formula is C15H24. The molecule has 0 aromatic rings. The Morgan fingerprint density at radius 2 is 1.93 bits per heavy atom. The molecule has 0 heterocycles. The highest BCUT2D eigenvalue weighted by Crippen LogP contribution is 2.69. The molecule has 0 saturated heterocycles. The van der Waals surface area contributed by atoms with Crippen molar-refractivity contribution in [3.8, 4) is 0 Å². The highest BCUT2D eigenvalue weighted by atomic mass is 14.7. The molecule has 3 rings (SSSR count). The van der Waals surface area contributed by atoms with Gasteiger partial charge in [0.05, 0.1) is 0 Å². The van der Waals surface area contributed by atoms with Crippen LogP contribution >= 0.6 is 0 Å². The molecule has 2 saturated carbocycles. The highest BCUT2D eigenvalue weighted by molar-refractivity contribution is 5.27. The van der Waals surface area contributed by atoms with Crippen LogP contribution < -0.4 is 0 Å². The third-order valence-electron chi connectivity index (χ3n) is 5.73. The summed E-state index contributed by atoms with van der Waals surface area (Å²) in [5, 5.41) is 0. The van der Waals surface area contributed by atoms with Crippen molar-refractivity contribution in [1.29, 1.82) is 0 Å². The van der Waals surface area contributed by atoms with E-state index in [0.717, 1.165) is 29.6 Å². The normalized spacial score (nSPS) is 51.5. The summed E-state index contributed by atoms with van der Waals surface area (Å²) < 4.78 is 0. The summed E-state index contributed by atoms with van der Waals surface area (Å²) in [5.41, 5.74) is 2.49. The van der Waals surface area contributed by atoms with Crippen molar-refractivity contribution in [2.45, 2.75) is 47.0 Å². The Kier molecular flexibility index (Phi) is 1.92. The largest absolute Gasteiger partial charge is 0.0845 e. The molecule has 0 nitrogen and oxygen atoms in total. The van der Waals surface area contributed by atoms with E-state index >= 15 is 0 Å². The van der Waals surface area contributed by atoms with Gasteiger partial charge in [0.25, 0.3) is 0 Å². The van der Waals surface area contributed by atoms with Crippen LogP contribution in [0.2, 0.25) is 0 Å². The number of allylic oxidation sites excluding steroid dienone is 2. The fraction of sp³-hybridized carbons (Fsp3) is 0.867. The van der Waals surface area contributed by atoms with Gasteiger partial charge in [0.2, 0.25) is 0 Å². The fourth-order valence-electron chi connectivity index (χ4n) is 4.67. The standard InChI is InChI=1S/C15H24/c1-9-6-8-12-14(15(12,3)4)13-10(2)5-7-11(9)13/h7,9-10,12-14H,5-6,8H2,1-4H3/t9-,10-,12-,13-,14-/m1/s1. The smallest absolute Gasteiger partial charge is 0.0135 e. The van der Waals surface area contributed by atoms with Gasteiger partial charge in [-0.2, -0.15) is 0 Å². The molecule has 2 fully saturated rings. The van der Waals surface area contributed by atoms with Gasteiger partial charge >= 0.3 is 0 Å². The Balaban J connectivity index is 1.95. The monoisotopic (exact) mass is 204 g/mol. The molecule has 0 aromatic heterocycles. The summed E-state index contributed by atoms with van der Waals surface area (Å²) in [4.78, 5) is 0. The lowest BCUT2D eigenvalue weighted by Gasteiger charge is -2.24. The summed E-state index contributed by atoms with van der Waals surface area (Å²) in [6.45, 7) is 9.92. The topological polar surface area (TPSA) is 0 Å². The second-order valence-corrected chi connectivity index (χ2v) is 6.87. The van der Waals surface area contributed by atoms with Crippen LogP contribution in [-0.2, 0) is 0 Å². The fourth-order valence-corrected chi connectivity index (χ4v) is 4.67. The van der Waals surface area contributed by atoms with Gasteiger partial charge in [-0.05, 0) is 54.3 Å². The van der Waals surface area contributed by atoms with Crippen LogP contribution in [0.4, 0.5) is 0 Å². The maximum atomic E-state index is 2.58. The van der Waals surface area contributed by atoms with E-state index in [1.165, 1.54) is 19.3 Å². The van der Waals surface area contributed by atoms with Crippen LogP contribution in [0, 0.1) is 35.0 Å². The third kappa shape index (κ3) is 1.20. The van der Waals surface area contributed by atoms with Crippen LogP contribution in [0.1, 0.15) is 47.0 Å². The van der Waals surface area contributed by atoms with E-state index < -0.39 is 0 Å². The third-order valence-corrected chi connectivity index (χ3v) is 5.73. The lowest BCUT2D eigenvalue weighted by Crippen LogP contribution is -2.17. The minimum Gasteiger partial charge on any atom is -0.0845 e. The predicted octanol–water partition coefficient (Wildman–Crippen LogP) is 4.27. The summed E-state index contributed by atoms with van der Waals surface area (Å²) in [7, 11) is 0. The summed E-state index contributed by atoms with van der Waals surface area (Å²) in [6, 6.07) is 0. The molecule has 0 aliphatic heterocycles. The van der Waals surface area contributed by atoms with Crippen LogP contribution in [0.25, 0.3) is 0 Å². The average molecular weight is 204 g/mol. The van der Waals surface area contributed by atoms with Gasteiger partial charge < -0.3 is 0 Å². The predicted molar refractivity (Wildman–Crippen MR) is 64.5 cm³/mol. The molecule has 0 aromatic carbocycles. The Morgan fingerprint density at radius 3 is 2.67 bits per heavy atom. The van der Waals surface area contributed by atoms with Crippen molar-refractivity contribution in [1.82, 2.24) is 0 Å². The molecule has 0 unspecified atom stereocenters. The van der Waals surface area contributed by atoms with E-state index in [9.17, 15) is 0 Å². The minimum absolute atomic E-state index is 0.655. The highest BCUT2D eigenvalue weighted by Gasteiger charge is 2.63. The minimum atomic E-state index is 0.655. The van der Waals surface area contributed by atoms with Gasteiger partial charge in [0.1, 0.15) is 0 Å². The lowest BCUT2D eigenvalue weighted by atomic mass is 9.80. The van der Waals surface area contributed by atoms with Crippen LogP contribution in [0.15, 0.2) is 11.6 Å². The van der Waals surface area contributed by atoms with Gasteiger partial charge in [-0.3, -0.25) is 0 Å². The zero-order valence-electron chi connectivity index (χ0n) is 10.6. The first kappa shape index (κ1) is 9.93. The molecule has 0 bridgehead atoms. The Labute approximate surface area is 94.1 Å². The van der Waals surface area contributed by atoms with Crippen molar-refractivity contribution in [3.05, 3.63) is 11.6 Å². The number of rotatable bonds is 0. The molecule has 0 amide bonds. The first-order valence-corrected chi connectivity index (χ1v) is 6.73. The second kappa shape index (κ2) is 2.90. The molecule has 3 aliphatic rings. The van der Waals surface area contributed by atoms with Crippen molar-refractivity contribution in [2.24, 2.45) is 35.0 Å². The molecular weight excluding hydrogens is 180 g/mol. The second-order valence-electron chi connectivity index (χ2n) is 6.87. The molecule has 15 heavy (non-hydrogen) atoms. The Bertz CT molecular complexity index is 310. The van der Waals surface area contributed by atoms with E-state index in [1.54, 1.807) is 0 Å². The van der Waals surface area contributed by atoms with Crippen LogP contribution in [0.5, 0.6) is 0 Å². The van der Waals surface area contributed by atoms with Crippen molar-refractivity contribution in [2.75, 3.05) is 0 Å². The SMILES string of the molecule is C[C@@H]1CC[C@@H]2[C@H]([C@H]3C1=CC[C@H]3C)C2(C)C. The summed E-state index contributed by atoms with van der Waals surface area (Å²) >= 11 is 0. The van der Waals surface area contributed by atoms with Gasteiger partial charge in [0.15, 0.2) is 0 Å². The molecule has 0 spiro atoms. The average Bonchev–Trinajstić information content (AvgIpc) is 2.55. The Hall–Kier alpha value is -0.260. The number of hydrogen-bond donors (Lipinski definition) is 0. The summed E-state index contributed by atoms with van der Waals surface area (Å²) in [5.74, 6) is 4.81. The number of fused-ring (bicyclic) bond motifs is 3. The molecule has 0 radical (unpaired) electrons. The van der Waals surface area contributed by atoms with E-state index in [-0.39, 0.29) is 0 Å².